The first-order chi connectivity index (χ1) is 12.1. The molecule has 0 fully saturated rings. The van der Waals surface area contributed by atoms with Gasteiger partial charge in [-0.15, -0.1) is 11.3 Å². The van der Waals surface area contributed by atoms with E-state index in [1.807, 2.05) is 23.6 Å². The number of hydrogen-bond donors (Lipinski definition) is 0. The third-order valence-electron chi connectivity index (χ3n) is 3.99. The zero-order valence-corrected chi connectivity index (χ0v) is 14.4. The van der Waals surface area contributed by atoms with Crippen LogP contribution in [0.4, 0.5) is 0 Å². The lowest BCUT2D eigenvalue weighted by Gasteiger charge is -2.05. The Hall–Kier alpha value is -3.07. The molecule has 0 aliphatic heterocycles. The molecule has 0 amide bonds. The Morgan fingerprint density at radius 3 is 2.72 bits per heavy atom. The summed E-state index contributed by atoms with van der Waals surface area (Å²) in [6, 6.07) is 5.67. The second-order valence-corrected chi connectivity index (χ2v) is 6.47. The van der Waals surface area contributed by atoms with Crippen LogP contribution < -0.4 is 11.2 Å². The summed E-state index contributed by atoms with van der Waals surface area (Å²) in [5, 5.41) is 2.75. The third kappa shape index (κ3) is 2.49. The van der Waals surface area contributed by atoms with E-state index in [1.54, 1.807) is 24.1 Å². The van der Waals surface area contributed by atoms with Crippen LogP contribution in [0, 0.1) is 0 Å². The van der Waals surface area contributed by atoms with Crippen molar-refractivity contribution in [2.24, 2.45) is 14.1 Å². The molecule has 126 valence electrons. The van der Waals surface area contributed by atoms with Crippen LogP contribution in [0.15, 0.2) is 45.7 Å². The van der Waals surface area contributed by atoms with Gasteiger partial charge in [-0.2, -0.15) is 0 Å². The first-order valence-corrected chi connectivity index (χ1v) is 8.41. The molecule has 0 saturated heterocycles. The number of aromatic nitrogens is 6. The predicted octanol–water partition coefficient (Wildman–Crippen LogP) is 1.00. The van der Waals surface area contributed by atoms with Crippen LogP contribution in [0.3, 0.4) is 0 Å². The van der Waals surface area contributed by atoms with Crippen LogP contribution in [0.5, 0.6) is 0 Å². The molecule has 0 aliphatic rings. The molecule has 0 N–H and O–H groups in total. The molecule has 0 radical (unpaired) electrons. The van der Waals surface area contributed by atoms with E-state index >= 15 is 0 Å². The van der Waals surface area contributed by atoms with Crippen molar-refractivity contribution in [1.29, 1.82) is 0 Å². The number of nitrogens with zero attached hydrogens (tertiary/aromatic N) is 6. The Bertz CT molecular complexity index is 1190. The van der Waals surface area contributed by atoms with Gasteiger partial charge < -0.3 is 4.57 Å². The van der Waals surface area contributed by atoms with Gasteiger partial charge in [0.25, 0.3) is 5.56 Å². The van der Waals surface area contributed by atoms with Crippen LogP contribution in [0.25, 0.3) is 21.9 Å². The molecule has 0 aromatic carbocycles. The SMILES string of the molecule is Cn1c(=O)c2c(ncn2Cc2csc(-c3ccccn3)n2)n(C)c1=O. The molecule has 0 aliphatic carbocycles. The average Bonchev–Trinajstić information content (AvgIpc) is 3.27. The summed E-state index contributed by atoms with van der Waals surface area (Å²) in [6.07, 6.45) is 3.29. The van der Waals surface area contributed by atoms with Crippen LogP contribution in [-0.4, -0.2) is 28.7 Å². The summed E-state index contributed by atoms with van der Waals surface area (Å²) in [6.45, 7) is 0.396. The Morgan fingerprint density at radius 2 is 1.96 bits per heavy atom. The van der Waals surface area contributed by atoms with Crippen molar-refractivity contribution < 1.29 is 0 Å². The number of imidazole rings is 1. The monoisotopic (exact) mass is 354 g/mol. The molecule has 0 saturated carbocycles. The summed E-state index contributed by atoms with van der Waals surface area (Å²) in [5.41, 5.74) is 1.61. The molecule has 0 spiro atoms. The molecule has 4 rings (SSSR count). The maximum atomic E-state index is 12.5. The summed E-state index contributed by atoms with van der Waals surface area (Å²) < 4.78 is 4.17. The second kappa shape index (κ2) is 5.78. The third-order valence-corrected chi connectivity index (χ3v) is 4.90. The van der Waals surface area contributed by atoms with Gasteiger partial charge in [0.1, 0.15) is 5.01 Å². The fourth-order valence-corrected chi connectivity index (χ4v) is 3.46. The van der Waals surface area contributed by atoms with Gasteiger partial charge in [0.05, 0.1) is 24.3 Å². The summed E-state index contributed by atoms with van der Waals surface area (Å²) >= 11 is 1.50. The fourth-order valence-electron chi connectivity index (χ4n) is 2.68. The number of hydrogen-bond acceptors (Lipinski definition) is 6. The molecule has 4 aromatic rings. The van der Waals surface area contributed by atoms with Crippen molar-refractivity contribution >= 4 is 22.5 Å². The van der Waals surface area contributed by atoms with Crippen molar-refractivity contribution in [2.75, 3.05) is 0 Å². The van der Waals surface area contributed by atoms with Gasteiger partial charge in [0, 0.05) is 25.7 Å². The normalized spacial score (nSPS) is 11.3. The van der Waals surface area contributed by atoms with Crippen LogP contribution >= 0.6 is 11.3 Å². The van der Waals surface area contributed by atoms with Crippen molar-refractivity contribution in [2.45, 2.75) is 6.54 Å². The van der Waals surface area contributed by atoms with Gasteiger partial charge >= 0.3 is 5.69 Å². The standard InChI is InChI=1S/C16H14N6O2S/c1-20-13-12(15(23)21(2)16(20)24)22(9-18-13)7-10-8-25-14(19-10)11-5-3-4-6-17-11/h3-6,8-9H,7H2,1-2H3. The summed E-state index contributed by atoms with van der Waals surface area (Å²) in [4.78, 5) is 37.5. The molecule has 0 atom stereocenters. The van der Waals surface area contributed by atoms with Gasteiger partial charge in [-0.25, -0.2) is 14.8 Å². The Kier molecular flexibility index (Phi) is 3.57. The maximum Gasteiger partial charge on any atom is 0.332 e. The molecule has 4 aromatic heterocycles. The van der Waals surface area contributed by atoms with Crippen molar-refractivity contribution in [3.05, 3.63) is 62.6 Å². The number of rotatable bonds is 3. The Balaban J connectivity index is 1.77. The zero-order chi connectivity index (χ0) is 17.6. The molecular formula is C16H14N6O2S. The van der Waals surface area contributed by atoms with E-state index in [4.69, 9.17) is 0 Å². The minimum atomic E-state index is -0.395. The summed E-state index contributed by atoms with van der Waals surface area (Å²) in [7, 11) is 3.06. The first-order valence-electron chi connectivity index (χ1n) is 7.53. The van der Waals surface area contributed by atoms with E-state index in [1.165, 1.54) is 23.0 Å². The highest BCUT2D eigenvalue weighted by atomic mass is 32.1. The average molecular weight is 354 g/mol. The lowest BCUT2D eigenvalue weighted by Crippen LogP contribution is -2.37. The van der Waals surface area contributed by atoms with Gasteiger partial charge in [-0.3, -0.25) is 18.9 Å². The van der Waals surface area contributed by atoms with Gasteiger partial charge in [-0.1, -0.05) is 6.07 Å². The molecule has 0 unspecified atom stereocenters. The maximum absolute atomic E-state index is 12.5. The zero-order valence-electron chi connectivity index (χ0n) is 13.6. The highest BCUT2D eigenvalue weighted by Gasteiger charge is 2.15. The van der Waals surface area contributed by atoms with Crippen molar-refractivity contribution in [3.63, 3.8) is 0 Å². The molecular weight excluding hydrogens is 340 g/mol. The van der Waals surface area contributed by atoms with E-state index in [0.29, 0.717) is 17.7 Å². The quantitative estimate of drug-likeness (QED) is 0.548. The topological polar surface area (TPSA) is 87.6 Å². The number of thiazole rings is 1. The largest absolute Gasteiger partial charge is 0.332 e. The predicted molar refractivity (Wildman–Crippen MR) is 94.7 cm³/mol. The second-order valence-electron chi connectivity index (χ2n) is 5.61. The lowest BCUT2D eigenvalue weighted by molar-refractivity contribution is 0.701. The van der Waals surface area contributed by atoms with Crippen LogP contribution in [0.1, 0.15) is 5.69 Å². The van der Waals surface area contributed by atoms with Crippen LogP contribution in [-0.2, 0) is 20.6 Å². The van der Waals surface area contributed by atoms with Gasteiger partial charge in [0.15, 0.2) is 11.2 Å². The molecule has 25 heavy (non-hydrogen) atoms. The van der Waals surface area contributed by atoms with Gasteiger partial charge in [0.2, 0.25) is 0 Å². The van der Waals surface area contributed by atoms with Gasteiger partial charge in [-0.05, 0) is 12.1 Å². The Morgan fingerprint density at radius 1 is 1.12 bits per heavy atom. The Labute approximate surface area is 145 Å². The fraction of sp³-hybridized carbons (Fsp3) is 0.188. The van der Waals surface area contributed by atoms with E-state index in [2.05, 4.69) is 15.0 Å². The molecule has 4 heterocycles. The summed E-state index contributed by atoms with van der Waals surface area (Å²) in [5.74, 6) is 0. The highest BCUT2D eigenvalue weighted by Crippen LogP contribution is 2.22. The van der Waals surface area contributed by atoms with E-state index < -0.39 is 5.69 Å². The smallest absolute Gasteiger partial charge is 0.319 e. The number of fused-ring (bicyclic) bond motifs is 1. The molecule has 9 heteroatoms. The molecule has 0 bridgehead atoms. The highest BCUT2D eigenvalue weighted by molar-refractivity contribution is 7.13. The minimum Gasteiger partial charge on any atom is -0.319 e. The minimum absolute atomic E-state index is 0.365. The van der Waals surface area contributed by atoms with Crippen LogP contribution in [0.2, 0.25) is 0 Å². The van der Waals surface area contributed by atoms with E-state index in [-0.39, 0.29) is 5.56 Å². The van der Waals surface area contributed by atoms with Crippen molar-refractivity contribution in [3.8, 4) is 10.7 Å². The van der Waals surface area contributed by atoms with Crippen molar-refractivity contribution in [1.82, 2.24) is 28.7 Å². The number of pyridine rings is 1. The van der Waals surface area contributed by atoms with E-state index in [9.17, 15) is 9.59 Å². The lowest BCUT2D eigenvalue weighted by atomic mass is 10.3. The number of aryl methyl sites for hydroxylation is 1. The first kappa shape index (κ1) is 15.5. The van der Waals surface area contributed by atoms with E-state index in [0.717, 1.165) is 21.0 Å². The molecule has 8 nitrogen and oxygen atoms in total.